The van der Waals surface area contributed by atoms with Crippen molar-refractivity contribution in [3.8, 4) is 0 Å². The summed E-state index contributed by atoms with van der Waals surface area (Å²) in [7, 11) is 0. The summed E-state index contributed by atoms with van der Waals surface area (Å²) in [4.78, 5) is 14.2. The van der Waals surface area contributed by atoms with Crippen molar-refractivity contribution >= 4 is 23.3 Å². The van der Waals surface area contributed by atoms with Crippen LogP contribution < -0.4 is 0 Å². The highest BCUT2D eigenvalue weighted by molar-refractivity contribution is 7.78. The molecule has 0 aliphatic carbocycles. The Labute approximate surface area is 70.5 Å². The number of amides is 1. The molecule has 1 atom stereocenters. The summed E-state index contributed by atoms with van der Waals surface area (Å²) in [6.07, 6.45) is 2.41. The van der Waals surface area contributed by atoms with Crippen LogP contribution in [-0.2, 0) is 9.53 Å². The van der Waals surface area contributed by atoms with Gasteiger partial charge in [-0.2, -0.15) is 4.99 Å². The third-order valence-electron chi connectivity index (χ3n) is 1.60. The first-order valence-corrected chi connectivity index (χ1v) is 3.96. The van der Waals surface area contributed by atoms with E-state index in [1.54, 1.807) is 0 Å². The summed E-state index contributed by atoms with van der Waals surface area (Å²) in [5.74, 6) is -0.230. The number of aliphatic imine (C=N–C) groups is 1. The van der Waals surface area contributed by atoms with Crippen molar-refractivity contribution in [3.63, 3.8) is 0 Å². The predicted molar refractivity (Wildman–Crippen MR) is 43.6 cm³/mol. The third kappa shape index (κ3) is 2.89. The van der Waals surface area contributed by atoms with Gasteiger partial charge in [0.2, 0.25) is 0 Å². The number of carbonyl (C=O) groups is 1. The highest BCUT2D eigenvalue weighted by Crippen LogP contribution is 2.15. The Kier molecular flexibility index (Phi) is 3.36. The van der Waals surface area contributed by atoms with Crippen molar-refractivity contribution in [1.29, 1.82) is 0 Å². The molecule has 1 heterocycles. The van der Waals surface area contributed by atoms with Crippen LogP contribution in [0.15, 0.2) is 4.99 Å². The molecule has 1 aliphatic heterocycles. The number of carbonyl (C=O) groups excluding carboxylic acids is 1. The summed E-state index contributed by atoms with van der Waals surface area (Å²) in [6, 6.07) is 0. The number of isothiocyanates is 1. The molecule has 0 spiro atoms. The van der Waals surface area contributed by atoms with Gasteiger partial charge in [-0.05, 0) is 25.1 Å². The summed E-state index contributed by atoms with van der Waals surface area (Å²) < 4.78 is 5.23. The molecule has 0 aromatic carbocycles. The van der Waals surface area contributed by atoms with E-state index in [1.165, 1.54) is 0 Å². The van der Waals surface area contributed by atoms with E-state index >= 15 is 0 Å². The zero-order chi connectivity index (χ0) is 8.10. The minimum atomic E-state index is -0.230. The first-order valence-electron chi connectivity index (χ1n) is 3.55. The molecule has 0 aromatic rings. The van der Waals surface area contributed by atoms with Crippen LogP contribution in [0, 0.1) is 0 Å². The Balaban J connectivity index is 2.29. The summed E-state index contributed by atoms with van der Waals surface area (Å²) in [5, 5.41) is 2.04. The van der Waals surface area contributed by atoms with E-state index in [0.29, 0.717) is 6.42 Å². The molecule has 0 radical (unpaired) electrons. The minimum Gasteiger partial charge on any atom is -0.378 e. The van der Waals surface area contributed by atoms with Crippen LogP contribution in [0.3, 0.4) is 0 Å². The second-order valence-electron chi connectivity index (χ2n) is 2.44. The van der Waals surface area contributed by atoms with Gasteiger partial charge in [-0.3, -0.25) is 4.79 Å². The minimum absolute atomic E-state index is 0.0644. The zero-order valence-corrected chi connectivity index (χ0v) is 6.89. The van der Waals surface area contributed by atoms with Gasteiger partial charge in [-0.15, -0.1) is 0 Å². The van der Waals surface area contributed by atoms with Crippen molar-refractivity contribution in [1.82, 2.24) is 0 Å². The van der Waals surface area contributed by atoms with Gasteiger partial charge < -0.3 is 4.74 Å². The van der Waals surface area contributed by atoms with Crippen LogP contribution in [0.2, 0.25) is 0 Å². The Bertz CT molecular complexity index is 193. The average molecular weight is 171 g/mol. The van der Waals surface area contributed by atoms with Crippen molar-refractivity contribution in [2.75, 3.05) is 6.61 Å². The fraction of sp³-hybridized carbons (Fsp3) is 0.714. The molecular weight excluding hydrogens is 162 g/mol. The van der Waals surface area contributed by atoms with Crippen LogP contribution in [0.25, 0.3) is 0 Å². The number of hydrogen-bond donors (Lipinski definition) is 0. The molecule has 3 nitrogen and oxygen atoms in total. The average Bonchev–Trinajstić information content (AvgIpc) is 2.40. The number of thiocarbonyl (C=S) groups is 1. The van der Waals surface area contributed by atoms with Gasteiger partial charge in [0.25, 0.3) is 5.91 Å². The van der Waals surface area contributed by atoms with E-state index in [2.05, 4.69) is 17.2 Å². The molecule has 1 unspecified atom stereocenters. The standard InChI is InChI=1S/C7H9NO2S/c9-7(8-5-11)4-6-2-1-3-10-6/h6H,1-4H2. The lowest BCUT2D eigenvalue weighted by Gasteiger charge is -2.03. The first-order chi connectivity index (χ1) is 5.33. The molecule has 60 valence electrons. The number of rotatable bonds is 2. The Morgan fingerprint density at radius 3 is 3.18 bits per heavy atom. The van der Waals surface area contributed by atoms with Gasteiger partial charge in [0.1, 0.15) is 0 Å². The lowest BCUT2D eigenvalue weighted by Crippen LogP contribution is -2.10. The van der Waals surface area contributed by atoms with Crippen LogP contribution in [0.5, 0.6) is 0 Å². The molecule has 1 rings (SSSR count). The monoisotopic (exact) mass is 171 g/mol. The first kappa shape index (κ1) is 8.53. The lowest BCUT2D eigenvalue weighted by molar-refractivity contribution is -0.119. The molecule has 0 N–H and O–H groups in total. The normalized spacial score (nSPS) is 22.7. The van der Waals surface area contributed by atoms with Crippen molar-refractivity contribution in [2.45, 2.75) is 25.4 Å². The van der Waals surface area contributed by atoms with Crippen molar-refractivity contribution in [3.05, 3.63) is 0 Å². The maximum atomic E-state index is 10.8. The second-order valence-corrected chi connectivity index (χ2v) is 2.62. The quantitative estimate of drug-likeness (QED) is 0.462. The molecule has 1 aliphatic rings. The number of ether oxygens (including phenoxy) is 1. The second kappa shape index (κ2) is 4.34. The molecular formula is C7H9NO2S. The van der Waals surface area contributed by atoms with Gasteiger partial charge in [0, 0.05) is 6.61 Å². The molecule has 1 amide bonds. The van der Waals surface area contributed by atoms with Crippen LogP contribution >= 0.6 is 12.2 Å². The number of nitrogens with zero attached hydrogens (tertiary/aromatic N) is 1. The molecule has 0 bridgehead atoms. The van der Waals surface area contributed by atoms with Crippen molar-refractivity contribution < 1.29 is 9.53 Å². The van der Waals surface area contributed by atoms with E-state index in [-0.39, 0.29) is 12.0 Å². The van der Waals surface area contributed by atoms with E-state index < -0.39 is 0 Å². The number of hydrogen-bond acceptors (Lipinski definition) is 3. The molecule has 0 saturated carbocycles. The smallest absolute Gasteiger partial charge is 0.257 e. The summed E-state index contributed by atoms with van der Waals surface area (Å²) in [5.41, 5.74) is 0. The fourth-order valence-corrected chi connectivity index (χ4v) is 1.20. The highest BCUT2D eigenvalue weighted by atomic mass is 32.1. The Morgan fingerprint density at radius 1 is 1.82 bits per heavy atom. The Hall–Kier alpha value is -0.570. The van der Waals surface area contributed by atoms with Gasteiger partial charge in [-0.1, -0.05) is 0 Å². The summed E-state index contributed by atoms with van der Waals surface area (Å²) in [6.45, 7) is 0.763. The van der Waals surface area contributed by atoms with Crippen LogP contribution in [-0.4, -0.2) is 23.8 Å². The van der Waals surface area contributed by atoms with Crippen LogP contribution in [0.1, 0.15) is 19.3 Å². The van der Waals surface area contributed by atoms with E-state index in [1.807, 2.05) is 5.16 Å². The maximum absolute atomic E-state index is 10.8. The van der Waals surface area contributed by atoms with Gasteiger partial charge >= 0.3 is 0 Å². The SMILES string of the molecule is O=C(CC1CCCO1)N=C=S. The zero-order valence-electron chi connectivity index (χ0n) is 6.08. The maximum Gasteiger partial charge on any atom is 0.257 e. The topological polar surface area (TPSA) is 38.7 Å². The van der Waals surface area contributed by atoms with Gasteiger partial charge in [0.15, 0.2) is 0 Å². The van der Waals surface area contributed by atoms with Gasteiger partial charge in [0.05, 0.1) is 17.7 Å². The van der Waals surface area contributed by atoms with Crippen molar-refractivity contribution in [2.24, 2.45) is 4.99 Å². The third-order valence-corrected chi connectivity index (χ3v) is 1.69. The lowest BCUT2D eigenvalue weighted by atomic mass is 10.2. The predicted octanol–water partition coefficient (Wildman–Crippen LogP) is 1.18. The molecule has 0 aromatic heterocycles. The Morgan fingerprint density at radius 2 is 2.64 bits per heavy atom. The molecule has 4 heteroatoms. The molecule has 1 fully saturated rings. The van der Waals surface area contributed by atoms with Gasteiger partial charge in [-0.25, -0.2) is 0 Å². The molecule has 1 saturated heterocycles. The highest BCUT2D eigenvalue weighted by Gasteiger charge is 2.18. The largest absolute Gasteiger partial charge is 0.378 e. The fourth-order valence-electron chi connectivity index (χ4n) is 1.10. The van der Waals surface area contributed by atoms with Crippen LogP contribution in [0.4, 0.5) is 0 Å². The van der Waals surface area contributed by atoms with E-state index in [9.17, 15) is 4.79 Å². The van der Waals surface area contributed by atoms with E-state index in [0.717, 1.165) is 19.4 Å². The molecule has 11 heavy (non-hydrogen) atoms. The van der Waals surface area contributed by atoms with E-state index in [4.69, 9.17) is 4.74 Å². The summed E-state index contributed by atoms with van der Waals surface area (Å²) >= 11 is 4.29.